The van der Waals surface area contributed by atoms with Gasteiger partial charge in [0.25, 0.3) is 0 Å². The van der Waals surface area contributed by atoms with Crippen LogP contribution in [0, 0.1) is 0 Å². The molecule has 1 saturated heterocycles. The Morgan fingerprint density at radius 3 is 3.00 bits per heavy atom. The van der Waals surface area contributed by atoms with E-state index in [0.717, 1.165) is 32.2 Å². The molecule has 1 aromatic rings. The lowest BCUT2D eigenvalue weighted by Crippen LogP contribution is -2.49. The molecule has 0 spiro atoms. The number of hydrogen-bond donors (Lipinski definition) is 3. The summed E-state index contributed by atoms with van der Waals surface area (Å²) in [6, 6.07) is 1.69. The third-order valence-electron chi connectivity index (χ3n) is 2.95. The molecule has 2 rings (SSSR count). The second-order valence-electron chi connectivity index (χ2n) is 4.17. The van der Waals surface area contributed by atoms with Gasteiger partial charge < -0.3 is 21.7 Å². The maximum Gasteiger partial charge on any atom is 0.208 e. The first-order valence-corrected chi connectivity index (χ1v) is 5.69. The molecule has 0 bridgehead atoms. The Morgan fingerprint density at radius 1 is 1.47 bits per heavy atom. The number of hydrogen-bond acceptors (Lipinski definition) is 5. The summed E-state index contributed by atoms with van der Waals surface area (Å²) in [5, 5.41) is 2.79. The number of nitrogen functional groups attached to an aromatic ring is 2. The molecule has 1 unspecified atom stereocenters. The van der Waals surface area contributed by atoms with Gasteiger partial charge in [0.1, 0.15) is 6.17 Å². The molecule has 92 valence electrons. The smallest absolute Gasteiger partial charge is 0.208 e. The Balaban J connectivity index is 2.25. The molecule has 17 heavy (non-hydrogen) atoms. The van der Waals surface area contributed by atoms with Crippen molar-refractivity contribution in [3.8, 4) is 0 Å². The van der Waals surface area contributed by atoms with Crippen LogP contribution >= 0.6 is 0 Å². The topological polar surface area (TPSA) is 97.3 Å². The number of rotatable bonds is 3. The number of anilines is 3. The zero-order chi connectivity index (χ0) is 12.3. The molecular formula is C11H17N5O. The first-order chi connectivity index (χ1) is 8.22. The SMILES string of the molecule is Nc1cnc(N2CCCCC2NC=O)c(N)c1. The van der Waals surface area contributed by atoms with Crippen molar-refractivity contribution >= 4 is 23.6 Å². The van der Waals surface area contributed by atoms with Crippen LogP contribution in [0.2, 0.25) is 0 Å². The van der Waals surface area contributed by atoms with E-state index in [1.54, 1.807) is 12.3 Å². The normalized spacial score (nSPS) is 20.0. The van der Waals surface area contributed by atoms with Crippen molar-refractivity contribution in [3.63, 3.8) is 0 Å². The van der Waals surface area contributed by atoms with Crippen molar-refractivity contribution in [3.05, 3.63) is 12.3 Å². The quantitative estimate of drug-likeness (QED) is 0.655. The lowest BCUT2D eigenvalue weighted by Gasteiger charge is -2.36. The molecule has 2 heterocycles. The monoisotopic (exact) mass is 235 g/mol. The predicted octanol–water partition coefficient (Wildman–Crippen LogP) is 0.308. The van der Waals surface area contributed by atoms with Crippen LogP contribution in [0.4, 0.5) is 17.2 Å². The summed E-state index contributed by atoms with van der Waals surface area (Å²) < 4.78 is 0. The van der Waals surface area contributed by atoms with E-state index < -0.39 is 0 Å². The maximum atomic E-state index is 10.6. The van der Waals surface area contributed by atoms with Gasteiger partial charge >= 0.3 is 0 Å². The van der Waals surface area contributed by atoms with Crippen molar-refractivity contribution < 1.29 is 4.79 Å². The minimum absolute atomic E-state index is 0.0281. The summed E-state index contributed by atoms with van der Waals surface area (Å²) in [4.78, 5) is 16.9. The third-order valence-corrected chi connectivity index (χ3v) is 2.95. The predicted molar refractivity (Wildman–Crippen MR) is 67.2 cm³/mol. The summed E-state index contributed by atoms with van der Waals surface area (Å²) >= 11 is 0. The maximum absolute atomic E-state index is 10.6. The fourth-order valence-corrected chi connectivity index (χ4v) is 2.17. The lowest BCUT2D eigenvalue weighted by atomic mass is 10.1. The number of carbonyl (C=O) groups is 1. The number of nitrogens with one attached hydrogen (secondary N) is 1. The molecule has 1 amide bonds. The van der Waals surface area contributed by atoms with Gasteiger partial charge in [0.05, 0.1) is 17.6 Å². The van der Waals surface area contributed by atoms with Crippen LogP contribution in [0.1, 0.15) is 19.3 Å². The van der Waals surface area contributed by atoms with Crippen molar-refractivity contribution in [1.29, 1.82) is 0 Å². The van der Waals surface area contributed by atoms with Gasteiger partial charge in [-0.25, -0.2) is 4.98 Å². The minimum Gasteiger partial charge on any atom is -0.397 e. The summed E-state index contributed by atoms with van der Waals surface area (Å²) in [6.07, 6.45) is 5.35. The highest BCUT2D eigenvalue weighted by Gasteiger charge is 2.24. The van der Waals surface area contributed by atoms with Crippen molar-refractivity contribution in [2.75, 3.05) is 22.9 Å². The number of carbonyl (C=O) groups excluding carboxylic acids is 1. The van der Waals surface area contributed by atoms with E-state index in [0.29, 0.717) is 17.2 Å². The van der Waals surface area contributed by atoms with Crippen LogP contribution in [0.3, 0.4) is 0 Å². The molecular weight excluding hydrogens is 218 g/mol. The van der Waals surface area contributed by atoms with Crippen LogP contribution in [-0.2, 0) is 4.79 Å². The molecule has 1 aliphatic heterocycles. The molecule has 0 aromatic carbocycles. The van der Waals surface area contributed by atoms with Crippen LogP contribution in [0.15, 0.2) is 12.3 Å². The van der Waals surface area contributed by atoms with Gasteiger partial charge in [0.2, 0.25) is 6.41 Å². The Kier molecular flexibility index (Phi) is 3.32. The second-order valence-corrected chi connectivity index (χ2v) is 4.17. The van der Waals surface area contributed by atoms with E-state index in [1.807, 2.05) is 4.90 Å². The molecule has 6 nitrogen and oxygen atoms in total. The number of pyridine rings is 1. The number of aromatic nitrogens is 1. The van der Waals surface area contributed by atoms with Gasteiger partial charge in [-0.05, 0) is 25.3 Å². The average molecular weight is 235 g/mol. The first-order valence-electron chi connectivity index (χ1n) is 5.69. The fraction of sp³-hybridized carbons (Fsp3) is 0.455. The Bertz CT molecular complexity index is 409. The second kappa shape index (κ2) is 4.90. The van der Waals surface area contributed by atoms with E-state index in [1.165, 1.54) is 0 Å². The molecule has 0 radical (unpaired) electrons. The molecule has 0 saturated carbocycles. The summed E-state index contributed by atoms with van der Waals surface area (Å²) in [6.45, 7) is 0.840. The molecule has 6 heteroatoms. The third kappa shape index (κ3) is 2.41. The molecule has 1 fully saturated rings. The zero-order valence-corrected chi connectivity index (χ0v) is 9.60. The van der Waals surface area contributed by atoms with Crippen molar-refractivity contribution in [2.45, 2.75) is 25.4 Å². The highest BCUT2D eigenvalue weighted by molar-refractivity contribution is 5.67. The molecule has 1 aromatic heterocycles. The molecule has 1 atom stereocenters. The minimum atomic E-state index is -0.0281. The van der Waals surface area contributed by atoms with Gasteiger partial charge in [-0.3, -0.25) is 4.79 Å². The largest absolute Gasteiger partial charge is 0.397 e. The van der Waals surface area contributed by atoms with E-state index in [9.17, 15) is 4.79 Å². The van der Waals surface area contributed by atoms with Crippen LogP contribution in [-0.4, -0.2) is 24.1 Å². The molecule has 5 N–H and O–H groups in total. The average Bonchev–Trinajstić information content (AvgIpc) is 2.31. The Labute approximate surface area is 100.0 Å². The van der Waals surface area contributed by atoms with E-state index in [4.69, 9.17) is 11.5 Å². The van der Waals surface area contributed by atoms with Gasteiger partial charge in [0, 0.05) is 6.54 Å². The standard InChI is InChI=1S/C11H17N5O/c12-8-5-9(13)11(14-6-8)16-4-2-1-3-10(16)15-7-17/h5-7,10H,1-4,12-13H2,(H,15,17). The van der Waals surface area contributed by atoms with E-state index in [2.05, 4.69) is 10.3 Å². The number of nitrogens with zero attached hydrogens (tertiary/aromatic N) is 2. The van der Waals surface area contributed by atoms with Crippen molar-refractivity contribution in [2.24, 2.45) is 0 Å². The van der Waals surface area contributed by atoms with Gasteiger partial charge in [-0.2, -0.15) is 0 Å². The summed E-state index contributed by atoms with van der Waals surface area (Å²) in [5.41, 5.74) is 12.6. The van der Waals surface area contributed by atoms with E-state index in [-0.39, 0.29) is 6.17 Å². The van der Waals surface area contributed by atoms with Gasteiger partial charge in [-0.15, -0.1) is 0 Å². The fourth-order valence-electron chi connectivity index (χ4n) is 2.17. The van der Waals surface area contributed by atoms with Crippen LogP contribution in [0.25, 0.3) is 0 Å². The molecule has 0 aliphatic carbocycles. The van der Waals surface area contributed by atoms with Gasteiger partial charge in [-0.1, -0.05) is 0 Å². The van der Waals surface area contributed by atoms with Crippen LogP contribution < -0.4 is 21.7 Å². The zero-order valence-electron chi connectivity index (χ0n) is 9.60. The van der Waals surface area contributed by atoms with Crippen LogP contribution in [0.5, 0.6) is 0 Å². The van der Waals surface area contributed by atoms with Gasteiger partial charge in [0.15, 0.2) is 5.82 Å². The lowest BCUT2D eigenvalue weighted by molar-refractivity contribution is -0.110. The highest BCUT2D eigenvalue weighted by Crippen LogP contribution is 2.27. The Morgan fingerprint density at radius 2 is 2.29 bits per heavy atom. The molecule has 1 aliphatic rings. The number of piperidine rings is 1. The van der Waals surface area contributed by atoms with Crippen molar-refractivity contribution in [1.82, 2.24) is 10.3 Å². The number of amides is 1. The number of nitrogens with two attached hydrogens (primary N) is 2. The van der Waals surface area contributed by atoms with E-state index >= 15 is 0 Å². The highest BCUT2D eigenvalue weighted by atomic mass is 16.1. The Hall–Kier alpha value is -1.98. The summed E-state index contributed by atoms with van der Waals surface area (Å²) in [5.74, 6) is 0.693. The first kappa shape index (κ1) is 11.5. The summed E-state index contributed by atoms with van der Waals surface area (Å²) in [7, 11) is 0.